The molecule has 0 aliphatic carbocycles. The van der Waals surface area contributed by atoms with Gasteiger partial charge in [0.1, 0.15) is 5.69 Å². The van der Waals surface area contributed by atoms with Crippen LogP contribution in [0.4, 0.5) is 0 Å². The number of carboxylic acid groups (broad SMARTS) is 1. The topological polar surface area (TPSA) is 70.5 Å². The average molecular weight is 268 g/mol. The van der Waals surface area contributed by atoms with Crippen molar-refractivity contribution in [3.8, 4) is 0 Å². The van der Waals surface area contributed by atoms with Gasteiger partial charge in [-0.1, -0.05) is 0 Å². The number of carboxylic acids is 1. The molecular formula is C12H16N2O3S. The third-order valence-corrected chi connectivity index (χ3v) is 3.11. The first-order valence-electron chi connectivity index (χ1n) is 5.50. The molecule has 1 rings (SSSR count). The quantitative estimate of drug-likeness (QED) is 0.794. The molecule has 0 radical (unpaired) electrons. The molecule has 1 aromatic rings. The van der Waals surface area contributed by atoms with E-state index in [4.69, 9.17) is 5.11 Å². The van der Waals surface area contributed by atoms with Gasteiger partial charge in [0.15, 0.2) is 0 Å². The van der Waals surface area contributed by atoms with E-state index in [9.17, 15) is 9.59 Å². The van der Waals surface area contributed by atoms with Crippen molar-refractivity contribution < 1.29 is 14.7 Å². The Morgan fingerprint density at radius 1 is 1.50 bits per heavy atom. The molecule has 6 heteroatoms. The fourth-order valence-electron chi connectivity index (χ4n) is 1.45. The van der Waals surface area contributed by atoms with Gasteiger partial charge >= 0.3 is 5.97 Å². The Bertz CT molecular complexity index is 437. The van der Waals surface area contributed by atoms with Crippen LogP contribution in [0.1, 0.15) is 27.3 Å². The Balaban J connectivity index is 2.71. The van der Waals surface area contributed by atoms with Crippen LogP contribution in [0.5, 0.6) is 0 Å². The summed E-state index contributed by atoms with van der Waals surface area (Å²) in [5.74, 6) is -0.315. The van der Waals surface area contributed by atoms with Gasteiger partial charge in [-0.25, -0.2) is 9.78 Å². The zero-order valence-corrected chi connectivity index (χ0v) is 11.2. The molecule has 0 saturated heterocycles. The molecule has 5 nitrogen and oxygen atoms in total. The Labute approximate surface area is 110 Å². The molecular weight excluding hydrogens is 252 g/mol. The lowest BCUT2D eigenvalue weighted by Crippen LogP contribution is -2.28. The maximum atomic E-state index is 12.0. The summed E-state index contributed by atoms with van der Waals surface area (Å²) in [6, 6.07) is 2.83. The minimum atomic E-state index is -1.13. The van der Waals surface area contributed by atoms with Crippen LogP contribution in [0.3, 0.4) is 0 Å². The van der Waals surface area contributed by atoms with Crippen molar-refractivity contribution in [2.75, 3.05) is 25.6 Å². The number of nitrogens with zero attached hydrogens (tertiary/aromatic N) is 2. The van der Waals surface area contributed by atoms with Gasteiger partial charge in [-0.2, -0.15) is 11.8 Å². The molecule has 1 heterocycles. The maximum Gasteiger partial charge on any atom is 0.354 e. The van der Waals surface area contributed by atoms with Crippen molar-refractivity contribution >= 4 is 23.6 Å². The van der Waals surface area contributed by atoms with Crippen LogP contribution >= 0.6 is 11.8 Å². The van der Waals surface area contributed by atoms with E-state index in [-0.39, 0.29) is 11.6 Å². The third-order valence-electron chi connectivity index (χ3n) is 2.41. The summed E-state index contributed by atoms with van der Waals surface area (Å²) >= 11 is 1.73. The van der Waals surface area contributed by atoms with E-state index in [0.717, 1.165) is 12.2 Å². The first kappa shape index (κ1) is 14.5. The Morgan fingerprint density at radius 2 is 2.22 bits per heavy atom. The fourth-order valence-corrected chi connectivity index (χ4v) is 1.87. The van der Waals surface area contributed by atoms with Crippen LogP contribution in [0.25, 0.3) is 0 Å². The average Bonchev–Trinajstić information content (AvgIpc) is 2.38. The lowest BCUT2D eigenvalue weighted by atomic mass is 10.2. The zero-order chi connectivity index (χ0) is 13.5. The maximum absolute atomic E-state index is 12.0. The van der Waals surface area contributed by atoms with E-state index in [1.165, 1.54) is 18.3 Å². The van der Waals surface area contributed by atoms with Crippen molar-refractivity contribution in [2.45, 2.75) is 6.42 Å². The van der Waals surface area contributed by atoms with Gasteiger partial charge in [-0.05, 0) is 30.6 Å². The van der Waals surface area contributed by atoms with Crippen molar-refractivity contribution in [1.29, 1.82) is 0 Å². The monoisotopic (exact) mass is 268 g/mol. The Hall–Kier alpha value is -1.56. The van der Waals surface area contributed by atoms with Crippen molar-refractivity contribution in [3.63, 3.8) is 0 Å². The highest BCUT2D eigenvalue weighted by Gasteiger charge is 2.14. The highest BCUT2D eigenvalue weighted by atomic mass is 32.2. The number of hydrogen-bond donors (Lipinski definition) is 1. The lowest BCUT2D eigenvalue weighted by Gasteiger charge is -2.16. The second-order valence-electron chi connectivity index (χ2n) is 3.81. The van der Waals surface area contributed by atoms with Gasteiger partial charge in [0.25, 0.3) is 5.91 Å². The third kappa shape index (κ3) is 4.03. The number of thioether (sulfide) groups is 1. The van der Waals surface area contributed by atoms with Gasteiger partial charge < -0.3 is 10.0 Å². The van der Waals surface area contributed by atoms with Crippen molar-refractivity contribution in [3.05, 3.63) is 29.6 Å². The van der Waals surface area contributed by atoms with Crippen molar-refractivity contribution in [1.82, 2.24) is 9.88 Å². The second kappa shape index (κ2) is 7.00. The normalized spacial score (nSPS) is 10.1. The van der Waals surface area contributed by atoms with E-state index in [1.54, 1.807) is 23.7 Å². The first-order chi connectivity index (χ1) is 8.56. The molecule has 0 atom stereocenters. The molecule has 0 unspecified atom stereocenters. The first-order valence-corrected chi connectivity index (χ1v) is 6.89. The summed E-state index contributed by atoms with van der Waals surface area (Å²) < 4.78 is 0. The molecule has 0 saturated carbocycles. The summed E-state index contributed by atoms with van der Waals surface area (Å²) in [6.45, 7) is 0.657. The molecule has 0 aliphatic heterocycles. The van der Waals surface area contributed by atoms with Gasteiger partial charge in [-0.3, -0.25) is 4.79 Å². The molecule has 0 aliphatic rings. The van der Waals surface area contributed by atoms with Crippen LogP contribution in [-0.2, 0) is 0 Å². The molecule has 0 aromatic carbocycles. The van der Waals surface area contributed by atoms with Gasteiger partial charge in [0.05, 0.1) is 0 Å². The highest BCUT2D eigenvalue weighted by molar-refractivity contribution is 7.98. The van der Waals surface area contributed by atoms with Gasteiger partial charge in [-0.15, -0.1) is 0 Å². The molecule has 1 amide bonds. The molecule has 1 N–H and O–H groups in total. The van der Waals surface area contributed by atoms with E-state index in [0.29, 0.717) is 12.1 Å². The lowest BCUT2D eigenvalue weighted by molar-refractivity contribution is 0.0690. The van der Waals surface area contributed by atoms with E-state index in [1.807, 2.05) is 6.26 Å². The van der Waals surface area contributed by atoms with E-state index in [2.05, 4.69) is 4.98 Å². The number of carbonyl (C=O) groups is 2. The van der Waals surface area contributed by atoms with Crippen LogP contribution in [0.15, 0.2) is 18.3 Å². The molecule has 0 fully saturated rings. The summed E-state index contributed by atoms with van der Waals surface area (Å²) in [6.07, 6.45) is 4.27. The number of pyridine rings is 1. The minimum absolute atomic E-state index is 0.113. The molecule has 18 heavy (non-hydrogen) atoms. The summed E-state index contributed by atoms with van der Waals surface area (Å²) in [5.41, 5.74) is 0.243. The van der Waals surface area contributed by atoms with Gasteiger partial charge in [0.2, 0.25) is 0 Å². The SMILES string of the molecule is CSCCCN(C)C(=O)c1ccnc(C(=O)O)c1. The number of carbonyl (C=O) groups excluding carboxylic acids is 1. The number of rotatable bonds is 6. The van der Waals surface area contributed by atoms with E-state index < -0.39 is 5.97 Å². The Kier molecular flexibility index (Phi) is 5.64. The van der Waals surface area contributed by atoms with Crippen LogP contribution in [0.2, 0.25) is 0 Å². The smallest absolute Gasteiger partial charge is 0.354 e. The van der Waals surface area contributed by atoms with E-state index >= 15 is 0 Å². The van der Waals surface area contributed by atoms with Crippen LogP contribution < -0.4 is 0 Å². The predicted octanol–water partition coefficient (Wildman–Crippen LogP) is 1.60. The second-order valence-corrected chi connectivity index (χ2v) is 4.79. The van der Waals surface area contributed by atoms with Gasteiger partial charge in [0, 0.05) is 25.4 Å². The standard InChI is InChI=1S/C12H16N2O3S/c1-14(6-3-7-18-2)11(15)9-4-5-13-10(8-9)12(16)17/h4-5,8H,3,6-7H2,1-2H3,(H,16,17). The number of aromatic carboxylic acids is 1. The molecule has 0 spiro atoms. The summed E-state index contributed by atoms with van der Waals surface area (Å²) in [4.78, 5) is 28.1. The molecule has 0 bridgehead atoms. The molecule has 98 valence electrons. The predicted molar refractivity (Wildman–Crippen MR) is 71.2 cm³/mol. The minimum Gasteiger partial charge on any atom is -0.477 e. The number of aromatic nitrogens is 1. The highest BCUT2D eigenvalue weighted by Crippen LogP contribution is 2.06. The van der Waals surface area contributed by atoms with Crippen LogP contribution in [-0.4, -0.2) is 52.5 Å². The number of amides is 1. The van der Waals surface area contributed by atoms with Crippen LogP contribution in [0, 0.1) is 0 Å². The fraction of sp³-hybridized carbons (Fsp3) is 0.417. The molecule has 1 aromatic heterocycles. The summed E-state index contributed by atoms with van der Waals surface area (Å²) in [5, 5.41) is 8.81. The summed E-state index contributed by atoms with van der Waals surface area (Å²) in [7, 11) is 1.71. The number of hydrogen-bond acceptors (Lipinski definition) is 4. The Morgan fingerprint density at radius 3 is 2.83 bits per heavy atom. The largest absolute Gasteiger partial charge is 0.477 e. The zero-order valence-electron chi connectivity index (χ0n) is 10.4. The van der Waals surface area contributed by atoms with Crippen molar-refractivity contribution in [2.24, 2.45) is 0 Å².